The number of fused-ring (bicyclic) bond motifs is 1. The minimum atomic E-state index is 0.614. The van der Waals surface area contributed by atoms with Crippen LogP contribution in [-0.4, -0.2) is 41.1 Å². The molecule has 0 aliphatic rings. The van der Waals surface area contributed by atoms with Crippen molar-refractivity contribution in [3.8, 4) is 17.1 Å². The minimum Gasteiger partial charge on any atom is -0.497 e. The lowest BCUT2D eigenvalue weighted by Crippen LogP contribution is -2.10. The van der Waals surface area contributed by atoms with Crippen LogP contribution < -0.4 is 9.64 Å². The van der Waals surface area contributed by atoms with E-state index in [0.717, 1.165) is 22.8 Å². The van der Waals surface area contributed by atoms with Crippen LogP contribution >= 0.6 is 0 Å². The molecule has 0 spiro atoms. The van der Waals surface area contributed by atoms with Crippen LogP contribution in [0.15, 0.2) is 30.6 Å². The lowest BCUT2D eigenvalue weighted by Gasteiger charge is -2.17. The lowest BCUT2D eigenvalue weighted by atomic mass is 10.1. The van der Waals surface area contributed by atoms with Crippen LogP contribution in [0, 0.1) is 0 Å². The number of H-pyrrole nitrogens is 1. The molecule has 0 fully saturated rings. The summed E-state index contributed by atoms with van der Waals surface area (Å²) in [5.41, 5.74) is 3.30. The number of hydrogen-bond donors (Lipinski definition) is 1. The van der Waals surface area contributed by atoms with Gasteiger partial charge < -0.3 is 14.6 Å². The first-order valence-corrected chi connectivity index (χ1v) is 6.21. The number of ether oxygens (including phenoxy) is 1. The zero-order valence-electron chi connectivity index (χ0n) is 11.6. The number of nitrogens with one attached hydrogen (secondary N) is 1. The third-order valence-electron chi connectivity index (χ3n) is 3.08. The Morgan fingerprint density at radius 3 is 2.65 bits per heavy atom. The highest BCUT2D eigenvalue weighted by Crippen LogP contribution is 2.32. The number of imidazole rings is 1. The fourth-order valence-electron chi connectivity index (χ4n) is 2.08. The molecule has 0 bridgehead atoms. The van der Waals surface area contributed by atoms with Crippen LogP contribution in [0.5, 0.6) is 5.75 Å². The van der Waals surface area contributed by atoms with Gasteiger partial charge >= 0.3 is 0 Å². The van der Waals surface area contributed by atoms with Crippen molar-refractivity contribution in [2.24, 2.45) is 0 Å². The molecule has 0 aliphatic carbocycles. The summed E-state index contributed by atoms with van der Waals surface area (Å²) in [5, 5.41) is 0. The van der Waals surface area contributed by atoms with Gasteiger partial charge in [-0.2, -0.15) is 0 Å². The second kappa shape index (κ2) is 4.80. The van der Waals surface area contributed by atoms with Gasteiger partial charge in [0.25, 0.3) is 0 Å². The zero-order valence-corrected chi connectivity index (χ0v) is 11.6. The van der Waals surface area contributed by atoms with E-state index in [2.05, 4.69) is 19.9 Å². The second-order valence-corrected chi connectivity index (χ2v) is 4.59. The van der Waals surface area contributed by atoms with Crippen molar-refractivity contribution in [2.75, 3.05) is 26.1 Å². The highest BCUT2D eigenvalue weighted by molar-refractivity contribution is 5.80. The molecule has 6 heteroatoms. The lowest BCUT2D eigenvalue weighted by molar-refractivity contribution is 0.415. The van der Waals surface area contributed by atoms with Crippen molar-refractivity contribution in [2.45, 2.75) is 0 Å². The smallest absolute Gasteiger partial charge is 0.197 e. The topological polar surface area (TPSA) is 66.9 Å². The Hall–Kier alpha value is -2.63. The van der Waals surface area contributed by atoms with Gasteiger partial charge in [0.1, 0.15) is 11.6 Å². The van der Waals surface area contributed by atoms with Crippen molar-refractivity contribution in [1.82, 2.24) is 19.9 Å². The maximum Gasteiger partial charge on any atom is 0.197 e. The predicted molar refractivity (Wildman–Crippen MR) is 78.0 cm³/mol. The average Bonchev–Trinajstić information content (AvgIpc) is 2.90. The molecule has 0 saturated carbocycles. The third kappa shape index (κ3) is 2.05. The fraction of sp³-hybridized carbons (Fsp3) is 0.214. The number of rotatable bonds is 3. The first kappa shape index (κ1) is 12.4. The van der Waals surface area contributed by atoms with E-state index in [0.29, 0.717) is 11.3 Å². The summed E-state index contributed by atoms with van der Waals surface area (Å²) in [4.78, 5) is 18.1. The average molecular weight is 269 g/mol. The van der Waals surface area contributed by atoms with Crippen molar-refractivity contribution in [3.63, 3.8) is 0 Å². The van der Waals surface area contributed by atoms with Crippen molar-refractivity contribution in [3.05, 3.63) is 30.6 Å². The van der Waals surface area contributed by atoms with E-state index in [9.17, 15) is 0 Å². The quantitative estimate of drug-likeness (QED) is 0.788. The van der Waals surface area contributed by atoms with Gasteiger partial charge in [0, 0.05) is 38.1 Å². The highest BCUT2D eigenvalue weighted by atomic mass is 16.5. The van der Waals surface area contributed by atoms with Gasteiger partial charge in [-0.1, -0.05) is 0 Å². The maximum absolute atomic E-state index is 5.27. The van der Waals surface area contributed by atoms with E-state index in [1.807, 2.05) is 37.2 Å². The van der Waals surface area contributed by atoms with Crippen molar-refractivity contribution in [1.29, 1.82) is 0 Å². The molecule has 1 N–H and O–H groups in total. The van der Waals surface area contributed by atoms with Crippen molar-refractivity contribution < 1.29 is 4.74 Å². The van der Waals surface area contributed by atoms with Crippen LogP contribution in [0.4, 0.5) is 5.69 Å². The summed E-state index contributed by atoms with van der Waals surface area (Å²) >= 11 is 0. The fourth-order valence-corrected chi connectivity index (χ4v) is 2.08. The van der Waals surface area contributed by atoms with E-state index in [4.69, 9.17) is 4.74 Å². The van der Waals surface area contributed by atoms with Crippen LogP contribution in [0.1, 0.15) is 0 Å². The Kier molecular flexibility index (Phi) is 2.98. The van der Waals surface area contributed by atoms with E-state index in [1.54, 1.807) is 19.5 Å². The summed E-state index contributed by atoms with van der Waals surface area (Å²) in [6, 6.07) is 5.87. The molecule has 1 aromatic carbocycles. The molecule has 3 rings (SSSR count). The third-order valence-corrected chi connectivity index (χ3v) is 3.08. The molecule has 6 nitrogen and oxygen atoms in total. The Bertz CT molecular complexity index is 717. The van der Waals surface area contributed by atoms with Gasteiger partial charge in [-0.05, 0) is 12.1 Å². The van der Waals surface area contributed by atoms with Gasteiger partial charge in [-0.25, -0.2) is 15.0 Å². The van der Waals surface area contributed by atoms with Gasteiger partial charge in [-0.15, -0.1) is 0 Å². The molecule has 3 aromatic rings. The number of aromatic amines is 1. The van der Waals surface area contributed by atoms with E-state index in [1.165, 1.54) is 0 Å². The van der Waals surface area contributed by atoms with Gasteiger partial charge in [0.2, 0.25) is 0 Å². The largest absolute Gasteiger partial charge is 0.497 e. The predicted octanol–water partition coefficient (Wildman–Crippen LogP) is 2.09. The first-order valence-electron chi connectivity index (χ1n) is 6.21. The summed E-state index contributed by atoms with van der Waals surface area (Å²) in [5.74, 6) is 1.56. The van der Waals surface area contributed by atoms with Gasteiger partial charge in [0.15, 0.2) is 11.3 Å². The number of aromatic nitrogens is 4. The van der Waals surface area contributed by atoms with Crippen LogP contribution in [-0.2, 0) is 0 Å². The van der Waals surface area contributed by atoms with Crippen LogP contribution in [0.2, 0.25) is 0 Å². The number of methoxy groups -OCH3 is 1. The SMILES string of the molecule is COc1ccc(-c2nc3nccnc3[nH]2)c(N(C)C)c1. The number of hydrogen-bond acceptors (Lipinski definition) is 5. The van der Waals surface area contributed by atoms with E-state index < -0.39 is 0 Å². The molecular formula is C14H15N5O. The number of anilines is 1. The van der Waals surface area contributed by atoms with Crippen LogP contribution in [0.25, 0.3) is 22.7 Å². The monoisotopic (exact) mass is 269 g/mol. The molecule has 2 aromatic heterocycles. The summed E-state index contributed by atoms with van der Waals surface area (Å²) in [6.07, 6.45) is 3.28. The summed E-state index contributed by atoms with van der Waals surface area (Å²) in [7, 11) is 5.62. The zero-order chi connectivity index (χ0) is 14.1. The molecular weight excluding hydrogens is 254 g/mol. The summed E-state index contributed by atoms with van der Waals surface area (Å²) in [6.45, 7) is 0. The molecule has 2 heterocycles. The Morgan fingerprint density at radius 2 is 1.95 bits per heavy atom. The summed E-state index contributed by atoms with van der Waals surface area (Å²) < 4.78 is 5.27. The molecule has 0 saturated heterocycles. The Labute approximate surface area is 116 Å². The van der Waals surface area contributed by atoms with Crippen LogP contribution in [0.3, 0.4) is 0 Å². The standard InChI is InChI=1S/C14H15N5O/c1-19(2)11-8-9(20-3)4-5-10(11)12-17-13-14(18-12)16-7-6-15-13/h4-8H,1-3H3,(H,15,16,17,18). The number of benzene rings is 1. The molecule has 0 radical (unpaired) electrons. The number of nitrogens with zero attached hydrogens (tertiary/aromatic N) is 4. The molecule has 0 aliphatic heterocycles. The van der Waals surface area contributed by atoms with Gasteiger partial charge in [-0.3, -0.25) is 0 Å². The minimum absolute atomic E-state index is 0.614. The van der Waals surface area contributed by atoms with Crippen molar-refractivity contribution >= 4 is 17.0 Å². The molecule has 0 amide bonds. The molecule has 0 atom stereocenters. The Morgan fingerprint density at radius 1 is 1.15 bits per heavy atom. The first-order chi connectivity index (χ1) is 9.69. The molecule has 0 unspecified atom stereocenters. The maximum atomic E-state index is 5.27. The normalized spacial score (nSPS) is 10.8. The Balaban J connectivity index is 2.17. The van der Waals surface area contributed by atoms with E-state index >= 15 is 0 Å². The highest BCUT2D eigenvalue weighted by Gasteiger charge is 2.13. The molecule has 102 valence electrons. The van der Waals surface area contributed by atoms with E-state index in [-0.39, 0.29) is 0 Å². The van der Waals surface area contributed by atoms with Gasteiger partial charge in [0.05, 0.1) is 12.8 Å². The second-order valence-electron chi connectivity index (χ2n) is 4.59. The molecule has 20 heavy (non-hydrogen) atoms.